The van der Waals surface area contributed by atoms with E-state index >= 15 is 0 Å². The summed E-state index contributed by atoms with van der Waals surface area (Å²) in [6, 6.07) is 21.9. The lowest BCUT2D eigenvalue weighted by atomic mass is 10.2. The number of rotatable bonds is 8. The lowest BCUT2D eigenvalue weighted by molar-refractivity contribution is -0.123. The second kappa shape index (κ2) is 11.0. The molecule has 0 unspecified atom stereocenters. The van der Waals surface area contributed by atoms with Gasteiger partial charge >= 0.3 is 0 Å². The third-order valence-corrected chi connectivity index (χ3v) is 4.64. The number of hydrogen-bond donors (Lipinski definition) is 2. The van der Waals surface area contributed by atoms with Crippen LogP contribution in [0.15, 0.2) is 72.8 Å². The maximum atomic E-state index is 12.3. The van der Waals surface area contributed by atoms with Crippen LogP contribution in [0.3, 0.4) is 0 Å². The number of aryl methyl sites for hydroxylation is 1. The third-order valence-electron chi connectivity index (χ3n) is 4.41. The van der Waals surface area contributed by atoms with Gasteiger partial charge in [0.2, 0.25) is 0 Å². The van der Waals surface area contributed by atoms with Crippen LogP contribution in [0.2, 0.25) is 5.02 Å². The Morgan fingerprint density at radius 1 is 0.903 bits per heavy atom. The molecule has 31 heavy (non-hydrogen) atoms. The summed E-state index contributed by atoms with van der Waals surface area (Å²) >= 11 is 5.90. The summed E-state index contributed by atoms with van der Waals surface area (Å²) < 4.78 is 11.2. The molecule has 0 aliphatic rings. The predicted octanol–water partition coefficient (Wildman–Crippen LogP) is 4.11. The molecule has 2 N–H and O–H groups in total. The summed E-state index contributed by atoms with van der Waals surface area (Å²) in [7, 11) is 0. The first-order chi connectivity index (χ1) is 15.0. The van der Waals surface area contributed by atoms with Gasteiger partial charge < -0.3 is 9.47 Å². The Labute approximate surface area is 186 Å². The van der Waals surface area contributed by atoms with E-state index in [1.807, 2.05) is 37.3 Å². The topological polar surface area (TPSA) is 76.7 Å². The molecular formula is C24H23ClN2O4. The molecule has 0 spiro atoms. The maximum absolute atomic E-state index is 12.3. The van der Waals surface area contributed by atoms with Crippen molar-refractivity contribution in [2.24, 2.45) is 0 Å². The number of ether oxygens (including phenoxy) is 2. The van der Waals surface area contributed by atoms with Crippen LogP contribution in [0, 0.1) is 6.92 Å². The standard InChI is InChI=1S/C24H23ClN2O4/c1-17-14-20(25)10-11-22(17)31-16-23(28)26-27-24(29)19-8-5-9-21(15-19)30-13-12-18-6-3-2-4-7-18/h2-11,14-15H,12-13,16H2,1H3,(H,26,28)(H,27,29). The van der Waals surface area contributed by atoms with Crippen molar-refractivity contribution < 1.29 is 19.1 Å². The van der Waals surface area contributed by atoms with Crippen molar-refractivity contribution in [3.8, 4) is 11.5 Å². The number of nitrogens with one attached hydrogen (secondary N) is 2. The Morgan fingerprint density at radius 3 is 2.48 bits per heavy atom. The third kappa shape index (κ3) is 7.04. The van der Waals surface area contributed by atoms with Gasteiger partial charge in [0.1, 0.15) is 11.5 Å². The van der Waals surface area contributed by atoms with Crippen LogP contribution < -0.4 is 20.3 Å². The van der Waals surface area contributed by atoms with Crippen molar-refractivity contribution in [2.45, 2.75) is 13.3 Å². The van der Waals surface area contributed by atoms with Crippen LogP contribution in [0.4, 0.5) is 0 Å². The molecule has 3 rings (SSSR count). The van der Waals surface area contributed by atoms with Crippen molar-refractivity contribution >= 4 is 23.4 Å². The van der Waals surface area contributed by atoms with Gasteiger partial charge in [0.25, 0.3) is 11.8 Å². The van der Waals surface area contributed by atoms with E-state index in [2.05, 4.69) is 10.9 Å². The first-order valence-corrected chi connectivity index (χ1v) is 10.1. The predicted molar refractivity (Wildman–Crippen MR) is 119 cm³/mol. The van der Waals surface area contributed by atoms with Gasteiger partial charge in [-0.25, -0.2) is 0 Å². The Bertz CT molecular complexity index is 1040. The second-order valence-corrected chi connectivity index (χ2v) is 7.25. The highest BCUT2D eigenvalue weighted by molar-refractivity contribution is 6.30. The summed E-state index contributed by atoms with van der Waals surface area (Å²) in [4.78, 5) is 24.3. The van der Waals surface area contributed by atoms with E-state index < -0.39 is 11.8 Å². The number of carbonyl (C=O) groups is 2. The zero-order chi connectivity index (χ0) is 22.1. The Balaban J connectivity index is 1.44. The smallest absolute Gasteiger partial charge is 0.276 e. The van der Waals surface area contributed by atoms with Gasteiger partial charge in [0.05, 0.1) is 6.61 Å². The van der Waals surface area contributed by atoms with Crippen LogP contribution in [0.25, 0.3) is 0 Å². The molecule has 0 aromatic heterocycles. The Morgan fingerprint density at radius 2 is 1.71 bits per heavy atom. The van der Waals surface area contributed by atoms with Crippen LogP contribution in [-0.2, 0) is 11.2 Å². The summed E-state index contributed by atoms with van der Waals surface area (Å²) in [6.07, 6.45) is 0.764. The number of hydrogen-bond acceptors (Lipinski definition) is 4. The van der Waals surface area contributed by atoms with E-state index in [9.17, 15) is 9.59 Å². The fourth-order valence-electron chi connectivity index (χ4n) is 2.81. The minimum atomic E-state index is -0.488. The van der Waals surface area contributed by atoms with Gasteiger partial charge in [-0.1, -0.05) is 48.0 Å². The molecule has 6 nitrogen and oxygen atoms in total. The van der Waals surface area contributed by atoms with E-state index in [0.29, 0.717) is 28.7 Å². The molecule has 0 radical (unpaired) electrons. The molecule has 0 atom stereocenters. The largest absolute Gasteiger partial charge is 0.493 e. The van der Waals surface area contributed by atoms with Gasteiger partial charge in [0, 0.05) is 17.0 Å². The average molecular weight is 439 g/mol. The summed E-state index contributed by atoms with van der Waals surface area (Å²) in [5, 5.41) is 0.591. The van der Waals surface area contributed by atoms with Gasteiger partial charge in [-0.15, -0.1) is 0 Å². The first-order valence-electron chi connectivity index (χ1n) is 9.76. The van der Waals surface area contributed by atoms with Gasteiger partial charge in [0.15, 0.2) is 6.61 Å². The first kappa shape index (κ1) is 22.2. The molecule has 0 saturated heterocycles. The minimum Gasteiger partial charge on any atom is -0.493 e. The van der Waals surface area contributed by atoms with Gasteiger partial charge in [-0.05, 0) is 54.4 Å². The Hall–Kier alpha value is -3.51. The quantitative estimate of drug-likeness (QED) is 0.519. The summed E-state index contributed by atoms with van der Waals surface area (Å²) in [6.45, 7) is 2.08. The lowest BCUT2D eigenvalue weighted by Gasteiger charge is -2.11. The molecule has 3 aromatic rings. The molecule has 7 heteroatoms. The zero-order valence-electron chi connectivity index (χ0n) is 17.1. The second-order valence-electron chi connectivity index (χ2n) is 6.81. The van der Waals surface area contributed by atoms with Crippen LogP contribution >= 0.6 is 11.6 Å². The fourth-order valence-corrected chi connectivity index (χ4v) is 3.04. The highest BCUT2D eigenvalue weighted by Crippen LogP contribution is 2.21. The van der Waals surface area contributed by atoms with Crippen molar-refractivity contribution in [1.29, 1.82) is 0 Å². The van der Waals surface area contributed by atoms with Crippen molar-refractivity contribution in [3.05, 3.63) is 94.5 Å². The average Bonchev–Trinajstić information content (AvgIpc) is 2.78. The summed E-state index contributed by atoms with van der Waals surface area (Å²) in [5.74, 6) is 0.185. The number of amides is 2. The van der Waals surface area contributed by atoms with E-state index in [4.69, 9.17) is 21.1 Å². The molecule has 0 aliphatic carbocycles. The highest BCUT2D eigenvalue weighted by Gasteiger charge is 2.10. The number of hydrazine groups is 1. The minimum absolute atomic E-state index is 0.245. The van der Waals surface area contributed by atoms with Gasteiger partial charge in [-0.3, -0.25) is 20.4 Å². The van der Waals surface area contributed by atoms with E-state index in [1.54, 1.807) is 42.5 Å². The molecule has 0 fully saturated rings. The molecule has 0 aliphatic heterocycles. The molecule has 2 amide bonds. The van der Waals surface area contributed by atoms with Crippen LogP contribution in [-0.4, -0.2) is 25.0 Å². The highest BCUT2D eigenvalue weighted by atomic mass is 35.5. The van der Waals surface area contributed by atoms with Crippen LogP contribution in [0.1, 0.15) is 21.5 Å². The fraction of sp³-hybridized carbons (Fsp3) is 0.167. The lowest BCUT2D eigenvalue weighted by Crippen LogP contribution is -2.43. The Kier molecular flexibility index (Phi) is 7.90. The summed E-state index contributed by atoms with van der Waals surface area (Å²) in [5.41, 5.74) is 7.07. The number of benzene rings is 3. The van der Waals surface area contributed by atoms with Crippen molar-refractivity contribution in [2.75, 3.05) is 13.2 Å². The van der Waals surface area contributed by atoms with Crippen molar-refractivity contribution in [1.82, 2.24) is 10.9 Å². The van der Waals surface area contributed by atoms with E-state index in [-0.39, 0.29) is 6.61 Å². The van der Waals surface area contributed by atoms with Crippen molar-refractivity contribution in [3.63, 3.8) is 0 Å². The zero-order valence-corrected chi connectivity index (χ0v) is 17.8. The van der Waals surface area contributed by atoms with E-state index in [1.165, 1.54) is 5.56 Å². The van der Waals surface area contributed by atoms with Crippen LogP contribution in [0.5, 0.6) is 11.5 Å². The number of carbonyl (C=O) groups excluding carboxylic acids is 2. The molecule has 0 saturated carbocycles. The molecule has 0 heterocycles. The van der Waals surface area contributed by atoms with Gasteiger partial charge in [-0.2, -0.15) is 0 Å². The molecule has 160 valence electrons. The molecule has 0 bridgehead atoms. The monoisotopic (exact) mass is 438 g/mol. The number of halogens is 1. The SMILES string of the molecule is Cc1cc(Cl)ccc1OCC(=O)NNC(=O)c1cccc(OCCc2ccccc2)c1. The molecular weight excluding hydrogens is 416 g/mol. The maximum Gasteiger partial charge on any atom is 0.276 e. The van der Waals surface area contributed by atoms with E-state index in [0.717, 1.165) is 12.0 Å². The molecule has 3 aromatic carbocycles. The normalized spacial score (nSPS) is 10.3.